The fourth-order valence-corrected chi connectivity index (χ4v) is 6.63. The van der Waals surface area contributed by atoms with E-state index in [1.54, 1.807) is 11.3 Å². The number of likely N-dealkylation sites (tertiary alicyclic amines) is 1. The molecule has 0 radical (unpaired) electrons. The van der Waals surface area contributed by atoms with Crippen LogP contribution in [0.5, 0.6) is 0 Å². The van der Waals surface area contributed by atoms with Crippen LogP contribution >= 0.6 is 23.1 Å². The van der Waals surface area contributed by atoms with Gasteiger partial charge in [-0.1, -0.05) is 48.5 Å². The van der Waals surface area contributed by atoms with Crippen molar-refractivity contribution in [3.8, 4) is 10.4 Å². The van der Waals surface area contributed by atoms with Gasteiger partial charge in [-0.2, -0.15) is 0 Å². The van der Waals surface area contributed by atoms with E-state index in [1.165, 1.54) is 26.5 Å². The number of benzene rings is 2. The highest BCUT2D eigenvalue weighted by molar-refractivity contribution is 7.98. The Bertz CT molecular complexity index is 987. The van der Waals surface area contributed by atoms with Gasteiger partial charge in [0, 0.05) is 34.2 Å². The maximum Gasteiger partial charge on any atom is 0.263 e. The SMILES string of the molecule is O=C(c1cc2c(s1)-c1ccccc1SC2)N1CCC(Cc2ccccc2)CC1. The normalized spacial score (nSPS) is 16.5. The number of carbonyl (C=O) groups is 1. The Morgan fingerprint density at radius 2 is 1.75 bits per heavy atom. The van der Waals surface area contributed by atoms with Gasteiger partial charge in [0.25, 0.3) is 5.91 Å². The number of piperidine rings is 1. The van der Waals surface area contributed by atoms with E-state index in [9.17, 15) is 4.79 Å². The van der Waals surface area contributed by atoms with Crippen LogP contribution in [0.3, 0.4) is 0 Å². The second-order valence-corrected chi connectivity index (χ2v) is 9.74. The minimum atomic E-state index is 0.222. The first-order valence-electron chi connectivity index (χ1n) is 9.96. The molecule has 0 N–H and O–H groups in total. The van der Waals surface area contributed by atoms with Crippen molar-refractivity contribution in [1.29, 1.82) is 0 Å². The molecule has 142 valence electrons. The number of hydrogen-bond donors (Lipinski definition) is 0. The maximum atomic E-state index is 13.1. The van der Waals surface area contributed by atoms with Crippen molar-refractivity contribution in [2.24, 2.45) is 5.92 Å². The predicted molar refractivity (Wildman–Crippen MR) is 118 cm³/mol. The molecular formula is C24H23NOS2. The number of amides is 1. The van der Waals surface area contributed by atoms with E-state index in [2.05, 4.69) is 65.6 Å². The summed E-state index contributed by atoms with van der Waals surface area (Å²) in [7, 11) is 0. The van der Waals surface area contributed by atoms with E-state index in [0.717, 1.165) is 43.0 Å². The predicted octanol–water partition coefficient (Wildman–Crippen LogP) is 6.12. The van der Waals surface area contributed by atoms with E-state index in [0.29, 0.717) is 5.92 Å². The van der Waals surface area contributed by atoms with Crippen molar-refractivity contribution in [2.45, 2.75) is 29.9 Å². The first kappa shape index (κ1) is 18.0. The lowest BCUT2D eigenvalue weighted by Crippen LogP contribution is -2.38. The number of hydrogen-bond acceptors (Lipinski definition) is 3. The molecule has 2 nitrogen and oxygen atoms in total. The molecule has 2 aliphatic rings. The lowest BCUT2D eigenvalue weighted by molar-refractivity contribution is 0.0695. The third-order valence-corrected chi connectivity index (χ3v) is 8.12. The van der Waals surface area contributed by atoms with Crippen LogP contribution < -0.4 is 0 Å². The summed E-state index contributed by atoms with van der Waals surface area (Å²) in [6.07, 6.45) is 3.33. The molecule has 1 aromatic heterocycles. The first-order valence-corrected chi connectivity index (χ1v) is 11.8. The zero-order valence-electron chi connectivity index (χ0n) is 15.8. The second kappa shape index (κ2) is 7.76. The van der Waals surface area contributed by atoms with Gasteiger partial charge in [0.05, 0.1) is 4.88 Å². The lowest BCUT2D eigenvalue weighted by Gasteiger charge is -2.31. The highest BCUT2D eigenvalue weighted by Crippen LogP contribution is 2.45. The maximum absolute atomic E-state index is 13.1. The fourth-order valence-electron chi connectivity index (χ4n) is 4.25. The molecule has 1 fully saturated rings. The van der Waals surface area contributed by atoms with Gasteiger partial charge in [-0.05, 0) is 48.4 Å². The van der Waals surface area contributed by atoms with Gasteiger partial charge in [0.1, 0.15) is 0 Å². The molecule has 0 atom stereocenters. The Morgan fingerprint density at radius 1 is 1.00 bits per heavy atom. The molecule has 0 spiro atoms. The summed E-state index contributed by atoms with van der Waals surface area (Å²) >= 11 is 3.55. The van der Waals surface area contributed by atoms with E-state index >= 15 is 0 Å². The number of rotatable bonds is 3. The van der Waals surface area contributed by atoms with Crippen LogP contribution in [-0.2, 0) is 12.2 Å². The summed E-state index contributed by atoms with van der Waals surface area (Å²) < 4.78 is 0. The molecule has 0 unspecified atom stereocenters. The Hall–Kier alpha value is -2.04. The van der Waals surface area contributed by atoms with E-state index in [-0.39, 0.29) is 5.91 Å². The van der Waals surface area contributed by atoms with Crippen molar-refractivity contribution in [3.63, 3.8) is 0 Å². The smallest absolute Gasteiger partial charge is 0.263 e. The Labute approximate surface area is 174 Å². The zero-order valence-corrected chi connectivity index (χ0v) is 17.4. The van der Waals surface area contributed by atoms with E-state index < -0.39 is 0 Å². The summed E-state index contributed by atoms with van der Waals surface area (Å²) in [5.41, 5.74) is 4.02. The molecule has 4 heteroatoms. The van der Waals surface area contributed by atoms with Gasteiger partial charge in [0.15, 0.2) is 0 Å². The van der Waals surface area contributed by atoms with Crippen molar-refractivity contribution in [1.82, 2.24) is 4.90 Å². The Morgan fingerprint density at radius 3 is 2.57 bits per heavy atom. The molecule has 5 rings (SSSR count). The van der Waals surface area contributed by atoms with Gasteiger partial charge in [-0.25, -0.2) is 0 Å². The minimum absolute atomic E-state index is 0.222. The number of carbonyl (C=O) groups excluding carboxylic acids is 1. The van der Waals surface area contributed by atoms with Crippen molar-refractivity contribution < 1.29 is 4.79 Å². The Kier molecular flexibility index (Phi) is 5.00. The highest BCUT2D eigenvalue weighted by atomic mass is 32.2. The van der Waals surface area contributed by atoms with Gasteiger partial charge in [-0.15, -0.1) is 23.1 Å². The average Bonchev–Trinajstić information content (AvgIpc) is 3.19. The summed E-state index contributed by atoms with van der Waals surface area (Å²) in [5.74, 6) is 1.88. The average molecular weight is 406 g/mol. The summed E-state index contributed by atoms with van der Waals surface area (Å²) in [4.78, 5) is 18.7. The second-order valence-electron chi connectivity index (χ2n) is 7.68. The van der Waals surface area contributed by atoms with Crippen LogP contribution in [0, 0.1) is 5.92 Å². The number of fused-ring (bicyclic) bond motifs is 3. The molecule has 0 bridgehead atoms. The van der Waals surface area contributed by atoms with Gasteiger partial charge in [-0.3, -0.25) is 4.79 Å². The zero-order chi connectivity index (χ0) is 18.9. The molecule has 0 aliphatic carbocycles. The monoisotopic (exact) mass is 405 g/mol. The van der Waals surface area contributed by atoms with Crippen LogP contribution in [0.2, 0.25) is 0 Å². The van der Waals surface area contributed by atoms with Gasteiger partial charge < -0.3 is 4.90 Å². The van der Waals surface area contributed by atoms with Gasteiger partial charge in [0.2, 0.25) is 0 Å². The van der Waals surface area contributed by atoms with Crippen LogP contribution in [0.1, 0.15) is 33.6 Å². The van der Waals surface area contributed by atoms with Crippen molar-refractivity contribution >= 4 is 29.0 Å². The number of thiophene rings is 1. The summed E-state index contributed by atoms with van der Waals surface area (Å²) in [6, 6.07) is 21.4. The molecule has 28 heavy (non-hydrogen) atoms. The van der Waals surface area contributed by atoms with Crippen LogP contribution in [-0.4, -0.2) is 23.9 Å². The summed E-state index contributed by atoms with van der Waals surface area (Å²) in [5, 5.41) is 0. The fraction of sp³-hybridized carbons (Fsp3) is 0.292. The minimum Gasteiger partial charge on any atom is -0.338 e. The molecular weight excluding hydrogens is 382 g/mol. The molecule has 3 heterocycles. The van der Waals surface area contributed by atoms with E-state index in [4.69, 9.17) is 0 Å². The van der Waals surface area contributed by atoms with Crippen molar-refractivity contribution in [2.75, 3.05) is 13.1 Å². The van der Waals surface area contributed by atoms with Crippen LogP contribution in [0.15, 0.2) is 65.6 Å². The molecule has 1 saturated heterocycles. The molecule has 0 saturated carbocycles. The van der Waals surface area contributed by atoms with Crippen LogP contribution in [0.4, 0.5) is 0 Å². The van der Waals surface area contributed by atoms with Crippen LogP contribution in [0.25, 0.3) is 10.4 Å². The number of nitrogens with zero attached hydrogens (tertiary/aromatic N) is 1. The third-order valence-electron chi connectivity index (χ3n) is 5.80. The van der Waals surface area contributed by atoms with Gasteiger partial charge >= 0.3 is 0 Å². The molecule has 3 aromatic rings. The number of thioether (sulfide) groups is 1. The van der Waals surface area contributed by atoms with Crippen molar-refractivity contribution in [3.05, 3.63) is 76.7 Å². The Balaban J connectivity index is 1.27. The lowest BCUT2D eigenvalue weighted by atomic mass is 9.90. The molecule has 1 amide bonds. The topological polar surface area (TPSA) is 20.3 Å². The highest BCUT2D eigenvalue weighted by Gasteiger charge is 2.27. The van der Waals surface area contributed by atoms with E-state index in [1.807, 2.05) is 11.8 Å². The third kappa shape index (κ3) is 3.51. The molecule has 2 aromatic carbocycles. The standard InChI is InChI=1S/C24H23NOS2/c26-24(25-12-10-18(11-13-25)14-17-6-2-1-3-7-17)22-15-19-16-27-21-9-5-4-8-20(21)23(19)28-22/h1-9,15,18H,10-14,16H2. The quantitative estimate of drug-likeness (QED) is 0.523. The largest absolute Gasteiger partial charge is 0.338 e. The summed E-state index contributed by atoms with van der Waals surface area (Å²) in [6.45, 7) is 1.76. The molecule has 2 aliphatic heterocycles. The first-order chi connectivity index (χ1) is 13.8.